The van der Waals surface area contributed by atoms with Gasteiger partial charge in [-0.15, -0.1) is 0 Å². The maximum Gasteiger partial charge on any atom is 0.159 e. The summed E-state index contributed by atoms with van der Waals surface area (Å²) in [5, 5.41) is 0. The Morgan fingerprint density at radius 3 is 2.67 bits per heavy atom. The van der Waals surface area contributed by atoms with Crippen molar-refractivity contribution < 1.29 is 4.79 Å². The second kappa shape index (κ2) is 4.57. The highest BCUT2D eigenvalue weighted by atomic mass is 35.5. The number of hydrogen-bond donors (Lipinski definition) is 0. The summed E-state index contributed by atoms with van der Waals surface area (Å²) in [7, 11) is 0. The van der Waals surface area contributed by atoms with E-state index in [2.05, 4.69) is 0 Å². The van der Waals surface area contributed by atoms with Crippen molar-refractivity contribution >= 4 is 17.4 Å². The minimum Gasteiger partial charge on any atom is -0.295 e. The van der Waals surface area contributed by atoms with E-state index in [0.717, 1.165) is 6.42 Å². The summed E-state index contributed by atoms with van der Waals surface area (Å²) < 4.78 is 0. The Hall–Kier alpha value is -0.300. The molecule has 0 bridgehead atoms. The second-order valence-electron chi connectivity index (χ2n) is 2.00. The Bertz CT molecular complexity index is 118. The third-order valence-corrected chi connectivity index (χ3v) is 1.45. The Balaban J connectivity index is 3.73. The van der Waals surface area contributed by atoms with Crippen LogP contribution >= 0.6 is 11.6 Å². The maximum atomic E-state index is 10.8. The predicted octanol–water partition coefficient (Wildman–Crippen LogP) is 2.35. The number of hydrogen-bond acceptors (Lipinski definition) is 1. The molecule has 0 rings (SSSR count). The molecule has 0 heterocycles. The quantitative estimate of drug-likeness (QED) is 0.559. The van der Waals surface area contributed by atoms with Crippen LogP contribution in [0, 0.1) is 5.92 Å². The molecular formula is C7H11ClO. The maximum absolute atomic E-state index is 10.8. The molecule has 0 aromatic carbocycles. The van der Waals surface area contributed by atoms with E-state index in [1.54, 1.807) is 0 Å². The molecule has 0 radical (unpaired) electrons. The first-order chi connectivity index (χ1) is 4.22. The highest BCUT2D eigenvalue weighted by molar-refractivity contribution is 6.26. The highest BCUT2D eigenvalue weighted by Gasteiger charge is 2.04. The number of ketones is 1. The molecule has 0 aromatic heterocycles. The summed E-state index contributed by atoms with van der Waals surface area (Å²) in [6.07, 6.45) is 2.27. The summed E-state index contributed by atoms with van der Waals surface area (Å²) in [4.78, 5) is 10.8. The lowest BCUT2D eigenvalue weighted by Crippen LogP contribution is -2.05. The Morgan fingerprint density at radius 2 is 2.33 bits per heavy atom. The van der Waals surface area contributed by atoms with Gasteiger partial charge in [0.15, 0.2) is 5.78 Å². The topological polar surface area (TPSA) is 17.1 Å². The van der Waals surface area contributed by atoms with Gasteiger partial charge in [0.05, 0.1) is 0 Å². The predicted molar refractivity (Wildman–Crippen MR) is 39.5 cm³/mol. The van der Waals surface area contributed by atoms with Crippen LogP contribution in [0.5, 0.6) is 0 Å². The van der Waals surface area contributed by atoms with Crippen LogP contribution in [-0.4, -0.2) is 5.78 Å². The van der Waals surface area contributed by atoms with E-state index >= 15 is 0 Å². The molecule has 1 nitrogen and oxygen atoms in total. The number of rotatable bonds is 3. The van der Waals surface area contributed by atoms with Gasteiger partial charge in [0.1, 0.15) is 0 Å². The van der Waals surface area contributed by atoms with E-state index < -0.39 is 0 Å². The number of halogens is 1. The van der Waals surface area contributed by atoms with Gasteiger partial charge in [-0.1, -0.05) is 25.4 Å². The average molecular weight is 147 g/mol. The summed E-state index contributed by atoms with van der Waals surface area (Å²) in [6, 6.07) is 0. The molecule has 0 saturated heterocycles. The minimum absolute atomic E-state index is 0.104. The molecule has 0 spiro atoms. The van der Waals surface area contributed by atoms with Gasteiger partial charge < -0.3 is 0 Å². The standard InChI is InChI=1S/C7H11ClO/c1-3-6(2)7(9)4-5-8/h4-6H,3H2,1-2H3/b5-4-. The highest BCUT2D eigenvalue weighted by Crippen LogP contribution is 2.02. The molecule has 2 heteroatoms. The van der Waals surface area contributed by atoms with Gasteiger partial charge in [0, 0.05) is 11.5 Å². The fourth-order valence-corrected chi connectivity index (χ4v) is 0.552. The van der Waals surface area contributed by atoms with Crippen molar-refractivity contribution in [1.29, 1.82) is 0 Å². The number of carbonyl (C=O) groups excluding carboxylic acids is 1. The smallest absolute Gasteiger partial charge is 0.159 e. The third kappa shape index (κ3) is 3.31. The first-order valence-corrected chi connectivity index (χ1v) is 3.46. The van der Waals surface area contributed by atoms with Crippen LogP contribution in [0.3, 0.4) is 0 Å². The summed E-state index contributed by atoms with van der Waals surface area (Å²) >= 11 is 5.20. The van der Waals surface area contributed by atoms with E-state index in [9.17, 15) is 4.79 Å². The Morgan fingerprint density at radius 1 is 1.78 bits per heavy atom. The van der Waals surface area contributed by atoms with Crippen molar-refractivity contribution in [3.05, 3.63) is 11.6 Å². The van der Waals surface area contributed by atoms with Gasteiger partial charge in [-0.2, -0.15) is 0 Å². The molecule has 0 aromatic rings. The van der Waals surface area contributed by atoms with Gasteiger partial charge >= 0.3 is 0 Å². The Kier molecular flexibility index (Phi) is 4.41. The molecule has 0 saturated carbocycles. The van der Waals surface area contributed by atoms with Gasteiger partial charge in [0.25, 0.3) is 0 Å². The van der Waals surface area contributed by atoms with Gasteiger partial charge in [-0.25, -0.2) is 0 Å². The van der Waals surface area contributed by atoms with Crippen LogP contribution in [0.25, 0.3) is 0 Å². The van der Waals surface area contributed by atoms with E-state index in [-0.39, 0.29) is 11.7 Å². The molecule has 0 amide bonds. The molecule has 9 heavy (non-hydrogen) atoms. The fourth-order valence-electron chi connectivity index (χ4n) is 0.428. The molecule has 0 aliphatic carbocycles. The number of carbonyl (C=O) groups is 1. The van der Waals surface area contributed by atoms with E-state index in [0.29, 0.717) is 0 Å². The lowest BCUT2D eigenvalue weighted by molar-refractivity contribution is -0.117. The van der Waals surface area contributed by atoms with Crippen LogP contribution < -0.4 is 0 Å². The fraction of sp³-hybridized carbons (Fsp3) is 0.571. The van der Waals surface area contributed by atoms with Crippen LogP contribution in [-0.2, 0) is 4.79 Å². The summed E-state index contributed by atoms with van der Waals surface area (Å²) in [5.41, 5.74) is 1.26. The van der Waals surface area contributed by atoms with Crippen LogP contribution in [0.1, 0.15) is 20.3 Å². The van der Waals surface area contributed by atoms with Crippen LogP contribution in [0.2, 0.25) is 0 Å². The van der Waals surface area contributed by atoms with E-state index in [4.69, 9.17) is 11.6 Å². The van der Waals surface area contributed by atoms with Crippen molar-refractivity contribution in [1.82, 2.24) is 0 Å². The average Bonchev–Trinajstić information content (AvgIpc) is 1.87. The first-order valence-electron chi connectivity index (χ1n) is 3.03. The summed E-state index contributed by atoms with van der Waals surface area (Å²) in [6.45, 7) is 3.86. The van der Waals surface area contributed by atoms with E-state index in [1.807, 2.05) is 13.8 Å². The SMILES string of the molecule is CCC(C)C(=O)/C=C\Cl. The molecule has 1 unspecified atom stereocenters. The normalized spacial score (nSPS) is 14.1. The molecular weight excluding hydrogens is 136 g/mol. The third-order valence-electron chi connectivity index (χ3n) is 1.33. The zero-order valence-corrected chi connectivity index (χ0v) is 6.48. The Labute approximate surface area is 60.7 Å². The molecule has 52 valence electrons. The van der Waals surface area contributed by atoms with Crippen LogP contribution in [0.4, 0.5) is 0 Å². The first kappa shape index (κ1) is 8.70. The summed E-state index contributed by atoms with van der Waals surface area (Å²) in [5.74, 6) is 0.215. The van der Waals surface area contributed by atoms with Gasteiger partial charge in [0.2, 0.25) is 0 Å². The lowest BCUT2D eigenvalue weighted by Gasteiger charge is -1.99. The lowest BCUT2D eigenvalue weighted by atomic mass is 10.0. The van der Waals surface area contributed by atoms with Crippen molar-refractivity contribution in [3.63, 3.8) is 0 Å². The van der Waals surface area contributed by atoms with Gasteiger partial charge in [-0.3, -0.25) is 4.79 Å². The molecule has 0 aliphatic heterocycles. The van der Waals surface area contributed by atoms with Crippen molar-refractivity contribution in [2.24, 2.45) is 5.92 Å². The van der Waals surface area contributed by atoms with Gasteiger partial charge in [-0.05, 0) is 12.5 Å². The zero-order chi connectivity index (χ0) is 7.28. The monoisotopic (exact) mass is 146 g/mol. The molecule has 1 atom stereocenters. The molecule has 0 aliphatic rings. The van der Waals surface area contributed by atoms with Crippen molar-refractivity contribution in [2.45, 2.75) is 20.3 Å². The number of allylic oxidation sites excluding steroid dienone is 1. The van der Waals surface area contributed by atoms with Crippen molar-refractivity contribution in [2.75, 3.05) is 0 Å². The molecule has 0 N–H and O–H groups in total. The van der Waals surface area contributed by atoms with Crippen molar-refractivity contribution in [3.8, 4) is 0 Å². The van der Waals surface area contributed by atoms with Crippen LogP contribution in [0.15, 0.2) is 11.6 Å². The zero-order valence-electron chi connectivity index (χ0n) is 5.73. The minimum atomic E-state index is 0.104. The second-order valence-corrected chi connectivity index (χ2v) is 2.26. The van der Waals surface area contributed by atoms with E-state index in [1.165, 1.54) is 11.6 Å². The molecule has 0 fully saturated rings. The largest absolute Gasteiger partial charge is 0.295 e.